The van der Waals surface area contributed by atoms with Crippen molar-refractivity contribution in [2.45, 2.75) is 26.7 Å². The van der Waals surface area contributed by atoms with E-state index in [0.29, 0.717) is 0 Å². The van der Waals surface area contributed by atoms with Crippen LogP contribution in [0.2, 0.25) is 0 Å². The highest BCUT2D eigenvalue weighted by molar-refractivity contribution is 4.88. The molecule has 0 aromatic heterocycles. The summed E-state index contributed by atoms with van der Waals surface area (Å²) in [5.41, 5.74) is 0. The molecule has 0 saturated carbocycles. The Morgan fingerprint density at radius 1 is 1.38 bits per heavy atom. The first-order valence-corrected chi connectivity index (χ1v) is 3.31. The fraction of sp³-hybridized carbons (Fsp3) is 0.625. The molecule has 0 fully saturated rings. The Labute approximate surface area is 52.6 Å². The molecule has 0 heteroatoms. The van der Waals surface area contributed by atoms with Crippen LogP contribution in [0, 0.1) is 12.8 Å². The molecule has 0 atom stereocenters. The fourth-order valence-electron chi connectivity index (χ4n) is 0.753. The first kappa shape index (κ1) is 7.74. The van der Waals surface area contributed by atoms with Crippen molar-refractivity contribution >= 4 is 0 Å². The van der Waals surface area contributed by atoms with Crippen molar-refractivity contribution in [1.82, 2.24) is 0 Å². The smallest absolute Gasteiger partial charge is 0.0239 e. The van der Waals surface area contributed by atoms with E-state index in [1.165, 1.54) is 12.8 Å². The number of hydrogen-bond donors (Lipinski definition) is 0. The zero-order chi connectivity index (χ0) is 6.41. The first-order chi connectivity index (χ1) is 3.85. The Bertz CT molecular complexity index is 58.4. The SMILES string of the molecule is [CH2]/C=C/C(CC)CC. The molecule has 47 valence electrons. The maximum absolute atomic E-state index is 3.64. The van der Waals surface area contributed by atoms with Crippen LogP contribution in [-0.4, -0.2) is 0 Å². The molecule has 8 heavy (non-hydrogen) atoms. The number of allylic oxidation sites excluding steroid dienone is 2. The first-order valence-electron chi connectivity index (χ1n) is 3.31. The van der Waals surface area contributed by atoms with Crippen LogP contribution in [0.3, 0.4) is 0 Å². The van der Waals surface area contributed by atoms with E-state index in [4.69, 9.17) is 0 Å². The van der Waals surface area contributed by atoms with Gasteiger partial charge in [-0.2, -0.15) is 0 Å². The molecule has 0 unspecified atom stereocenters. The molecule has 0 saturated heterocycles. The molecule has 1 radical (unpaired) electrons. The third-order valence-corrected chi connectivity index (χ3v) is 1.46. The lowest BCUT2D eigenvalue weighted by atomic mass is 10.0. The summed E-state index contributed by atoms with van der Waals surface area (Å²) in [6.07, 6.45) is 6.53. The Kier molecular flexibility index (Phi) is 4.73. The summed E-state index contributed by atoms with van der Waals surface area (Å²) < 4.78 is 0. The second-order valence-electron chi connectivity index (χ2n) is 2.00. The molecule has 0 heterocycles. The van der Waals surface area contributed by atoms with Gasteiger partial charge in [0, 0.05) is 0 Å². The fourth-order valence-corrected chi connectivity index (χ4v) is 0.753. The second kappa shape index (κ2) is 4.89. The highest BCUT2D eigenvalue weighted by Crippen LogP contribution is 2.07. The molecule has 0 rings (SSSR count). The summed E-state index contributed by atoms with van der Waals surface area (Å²) in [7, 11) is 0. The number of rotatable bonds is 3. The van der Waals surface area contributed by atoms with Crippen LogP contribution in [0.1, 0.15) is 26.7 Å². The average molecular weight is 111 g/mol. The van der Waals surface area contributed by atoms with Crippen LogP contribution >= 0.6 is 0 Å². The predicted molar refractivity (Wildman–Crippen MR) is 38.6 cm³/mol. The van der Waals surface area contributed by atoms with Gasteiger partial charge < -0.3 is 0 Å². The highest BCUT2D eigenvalue weighted by Gasteiger charge is 1.93. The molecule has 0 amide bonds. The van der Waals surface area contributed by atoms with Crippen LogP contribution in [0.15, 0.2) is 12.2 Å². The van der Waals surface area contributed by atoms with Gasteiger partial charge in [-0.3, -0.25) is 0 Å². The minimum atomic E-state index is 0.757. The van der Waals surface area contributed by atoms with Crippen molar-refractivity contribution in [1.29, 1.82) is 0 Å². The molecular formula is C8H15. The summed E-state index contributed by atoms with van der Waals surface area (Å²) in [5.74, 6) is 0.757. The third kappa shape index (κ3) is 2.84. The highest BCUT2D eigenvalue weighted by atomic mass is 14.0. The van der Waals surface area contributed by atoms with E-state index in [1.54, 1.807) is 0 Å². The maximum atomic E-state index is 3.64. The topological polar surface area (TPSA) is 0 Å². The zero-order valence-electron chi connectivity index (χ0n) is 5.85. The summed E-state index contributed by atoms with van der Waals surface area (Å²) >= 11 is 0. The molecule has 0 aromatic rings. The van der Waals surface area contributed by atoms with Crippen LogP contribution < -0.4 is 0 Å². The van der Waals surface area contributed by atoms with E-state index >= 15 is 0 Å². The van der Waals surface area contributed by atoms with Crippen LogP contribution in [0.4, 0.5) is 0 Å². The van der Waals surface area contributed by atoms with Crippen molar-refractivity contribution in [3.8, 4) is 0 Å². The van der Waals surface area contributed by atoms with Crippen molar-refractivity contribution < 1.29 is 0 Å². The molecule has 0 aliphatic heterocycles. The van der Waals surface area contributed by atoms with Crippen molar-refractivity contribution in [2.75, 3.05) is 0 Å². The largest absolute Gasteiger partial charge is 0.0880 e. The van der Waals surface area contributed by atoms with Gasteiger partial charge in [-0.25, -0.2) is 0 Å². The van der Waals surface area contributed by atoms with E-state index in [9.17, 15) is 0 Å². The summed E-state index contributed by atoms with van der Waals surface area (Å²) in [5, 5.41) is 0. The lowest BCUT2D eigenvalue weighted by Crippen LogP contribution is -1.88. The Morgan fingerprint density at radius 2 is 1.88 bits per heavy atom. The van der Waals surface area contributed by atoms with E-state index in [0.717, 1.165) is 5.92 Å². The van der Waals surface area contributed by atoms with Gasteiger partial charge in [-0.05, 0) is 25.7 Å². The lowest BCUT2D eigenvalue weighted by molar-refractivity contribution is 0.606. The quantitative estimate of drug-likeness (QED) is 0.525. The second-order valence-corrected chi connectivity index (χ2v) is 2.00. The minimum absolute atomic E-state index is 0.757. The van der Waals surface area contributed by atoms with Crippen molar-refractivity contribution in [2.24, 2.45) is 5.92 Å². The summed E-state index contributed by atoms with van der Waals surface area (Å²) in [4.78, 5) is 0. The van der Waals surface area contributed by atoms with Crippen LogP contribution in [-0.2, 0) is 0 Å². The van der Waals surface area contributed by atoms with Gasteiger partial charge in [-0.1, -0.05) is 26.0 Å². The van der Waals surface area contributed by atoms with Gasteiger partial charge in [0.25, 0.3) is 0 Å². The Morgan fingerprint density at radius 3 is 2.00 bits per heavy atom. The molecule has 0 spiro atoms. The van der Waals surface area contributed by atoms with E-state index < -0.39 is 0 Å². The van der Waals surface area contributed by atoms with Gasteiger partial charge in [0.05, 0.1) is 0 Å². The molecule has 0 aliphatic carbocycles. The van der Waals surface area contributed by atoms with Gasteiger partial charge in [0.1, 0.15) is 0 Å². The monoisotopic (exact) mass is 111 g/mol. The molecule has 0 aliphatic rings. The van der Waals surface area contributed by atoms with Gasteiger partial charge >= 0.3 is 0 Å². The molecular weight excluding hydrogens is 96.1 g/mol. The van der Waals surface area contributed by atoms with Gasteiger partial charge in [0.15, 0.2) is 0 Å². The van der Waals surface area contributed by atoms with Gasteiger partial charge in [-0.15, -0.1) is 0 Å². The predicted octanol–water partition coefficient (Wildman–Crippen LogP) is 2.81. The Hall–Kier alpha value is -0.260. The Balaban J connectivity index is 3.36. The van der Waals surface area contributed by atoms with E-state index in [1.807, 2.05) is 6.08 Å². The molecule has 0 bridgehead atoms. The average Bonchev–Trinajstić information content (AvgIpc) is 1.83. The lowest BCUT2D eigenvalue weighted by Gasteiger charge is -2.02. The van der Waals surface area contributed by atoms with E-state index in [2.05, 4.69) is 26.8 Å². The van der Waals surface area contributed by atoms with Crippen molar-refractivity contribution in [3.63, 3.8) is 0 Å². The normalized spacial score (nSPS) is 11.5. The molecule has 0 nitrogen and oxygen atoms in total. The van der Waals surface area contributed by atoms with Crippen molar-refractivity contribution in [3.05, 3.63) is 19.1 Å². The molecule has 0 N–H and O–H groups in total. The van der Waals surface area contributed by atoms with Crippen LogP contribution in [0.25, 0.3) is 0 Å². The molecule has 0 aromatic carbocycles. The summed E-state index contributed by atoms with van der Waals surface area (Å²) in [6.45, 7) is 8.05. The number of hydrogen-bond acceptors (Lipinski definition) is 0. The van der Waals surface area contributed by atoms with Crippen LogP contribution in [0.5, 0.6) is 0 Å². The minimum Gasteiger partial charge on any atom is -0.0880 e. The maximum Gasteiger partial charge on any atom is -0.0239 e. The zero-order valence-corrected chi connectivity index (χ0v) is 5.85. The standard InChI is InChI=1S/C8H15/c1-4-7-8(5-2)6-3/h4,7-8H,1,5-6H2,2-3H3/b7-4+. The summed E-state index contributed by atoms with van der Waals surface area (Å²) in [6, 6.07) is 0. The van der Waals surface area contributed by atoms with E-state index in [-0.39, 0.29) is 0 Å². The van der Waals surface area contributed by atoms with Gasteiger partial charge in [0.2, 0.25) is 0 Å². The third-order valence-electron chi connectivity index (χ3n) is 1.46.